The first-order valence-electron chi connectivity index (χ1n) is 4.31. The van der Waals surface area contributed by atoms with Crippen LogP contribution in [0.3, 0.4) is 0 Å². The summed E-state index contributed by atoms with van der Waals surface area (Å²) in [6, 6.07) is 6.73. The number of rotatable bonds is 2. The van der Waals surface area contributed by atoms with Gasteiger partial charge in [0.15, 0.2) is 5.78 Å². The van der Waals surface area contributed by atoms with Crippen molar-refractivity contribution in [3.05, 3.63) is 53.7 Å². The molecule has 1 aromatic carbocycles. The molecule has 0 aliphatic rings. The summed E-state index contributed by atoms with van der Waals surface area (Å²) in [5.74, 6) is -0.0910. The molecule has 0 saturated heterocycles. The lowest BCUT2D eigenvalue weighted by atomic mass is 10.1. The van der Waals surface area contributed by atoms with Crippen LogP contribution in [0.25, 0.3) is 0 Å². The van der Waals surface area contributed by atoms with Crippen LogP contribution in [0.1, 0.15) is 15.9 Å². The molecule has 2 aromatic rings. The van der Waals surface area contributed by atoms with Gasteiger partial charge in [0.25, 0.3) is 0 Å². The molecule has 0 N–H and O–H groups in total. The Kier molecular flexibility index (Phi) is 3.89. The van der Waals surface area contributed by atoms with Gasteiger partial charge in [0, 0.05) is 21.5 Å². The van der Waals surface area contributed by atoms with Gasteiger partial charge in [0.2, 0.25) is 0 Å². The van der Waals surface area contributed by atoms with Crippen LogP contribution in [0.5, 0.6) is 0 Å². The Balaban J connectivity index is 2.45. The minimum atomic E-state index is -0.0910. The fraction of sp³-hybridized carbons (Fsp3) is 0. The van der Waals surface area contributed by atoms with Crippen molar-refractivity contribution in [2.75, 3.05) is 0 Å². The molecule has 0 spiro atoms. The number of thiophene rings is 1. The Bertz CT molecular complexity index is 551. The Hall–Kier alpha value is -0.100. The molecule has 82 valence electrons. The zero-order chi connectivity index (χ0) is 11.7. The lowest BCUT2D eigenvalue weighted by molar-refractivity contribution is 0.103. The maximum Gasteiger partial charge on any atom is 0.195 e. The van der Waals surface area contributed by atoms with Gasteiger partial charge in [-0.2, -0.15) is 0 Å². The molecule has 0 aliphatic carbocycles. The van der Waals surface area contributed by atoms with E-state index in [1.807, 2.05) is 11.4 Å². The van der Waals surface area contributed by atoms with E-state index < -0.39 is 0 Å². The summed E-state index contributed by atoms with van der Waals surface area (Å²) in [5, 5.41) is 2.76. The van der Waals surface area contributed by atoms with E-state index in [1.165, 1.54) is 11.3 Å². The van der Waals surface area contributed by atoms with Crippen LogP contribution in [0.4, 0.5) is 0 Å². The topological polar surface area (TPSA) is 17.1 Å². The summed E-state index contributed by atoms with van der Waals surface area (Å²) in [5.41, 5.74) is 1.10. The highest BCUT2D eigenvalue weighted by atomic mass is 127. The third-order valence-electron chi connectivity index (χ3n) is 2.00. The molecule has 0 radical (unpaired) electrons. The minimum absolute atomic E-state index is 0.0910. The third kappa shape index (κ3) is 2.59. The second kappa shape index (κ2) is 5.04. The first-order valence-corrected chi connectivity index (χ1v) is 7.03. The van der Waals surface area contributed by atoms with Crippen LogP contribution in [0.2, 0.25) is 10.0 Å². The van der Waals surface area contributed by atoms with E-state index in [-0.39, 0.29) is 5.78 Å². The molecule has 1 nitrogen and oxygen atoms in total. The lowest BCUT2D eigenvalue weighted by Gasteiger charge is -2.02. The summed E-state index contributed by atoms with van der Waals surface area (Å²) >= 11 is 15.5. The smallest absolute Gasteiger partial charge is 0.195 e. The number of carbonyl (C=O) groups is 1. The molecule has 0 aliphatic heterocycles. The molecule has 0 unspecified atom stereocenters. The van der Waals surface area contributed by atoms with E-state index >= 15 is 0 Å². The van der Waals surface area contributed by atoms with Gasteiger partial charge in [0.05, 0.1) is 7.91 Å². The molecule has 0 atom stereocenters. The van der Waals surface area contributed by atoms with Crippen LogP contribution >= 0.6 is 57.1 Å². The highest BCUT2D eigenvalue weighted by molar-refractivity contribution is 14.1. The van der Waals surface area contributed by atoms with E-state index in [0.29, 0.717) is 21.2 Å². The van der Waals surface area contributed by atoms with E-state index in [0.717, 1.165) is 2.88 Å². The largest absolute Gasteiger partial charge is 0.289 e. The molecular weight excluding hydrogens is 378 g/mol. The predicted molar refractivity (Wildman–Crippen MR) is 76.9 cm³/mol. The van der Waals surface area contributed by atoms with Gasteiger partial charge in [0.1, 0.15) is 0 Å². The fourth-order valence-corrected chi connectivity index (χ4v) is 2.96. The number of carbonyl (C=O) groups excluding carboxylic acids is 1. The van der Waals surface area contributed by atoms with E-state index in [9.17, 15) is 4.79 Å². The quantitative estimate of drug-likeness (QED) is 0.533. The Labute approximate surface area is 121 Å². The number of hydrogen-bond acceptors (Lipinski definition) is 2. The summed E-state index contributed by atoms with van der Waals surface area (Å²) in [7, 11) is 0. The van der Waals surface area contributed by atoms with Gasteiger partial charge >= 0.3 is 0 Å². The summed E-state index contributed by atoms with van der Waals surface area (Å²) < 4.78 is 1.07. The molecular formula is C11H5Cl2IOS. The van der Waals surface area contributed by atoms with Crippen molar-refractivity contribution < 1.29 is 4.79 Å². The van der Waals surface area contributed by atoms with Gasteiger partial charge in [-0.25, -0.2) is 0 Å². The summed E-state index contributed by atoms with van der Waals surface area (Å²) in [4.78, 5) is 12.1. The number of benzene rings is 1. The zero-order valence-electron chi connectivity index (χ0n) is 7.84. The first-order chi connectivity index (χ1) is 7.58. The average Bonchev–Trinajstić information content (AvgIpc) is 2.67. The average molecular weight is 383 g/mol. The first kappa shape index (κ1) is 12.4. The van der Waals surface area contributed by atoms with E-state index in [4.69, 9.17) is 23.2 Å². The molecule has 1 aromatic heterocycles. The lowest BCUT2D eigenvalue weighted by Crippen LogP contribution is -2.00. The molecule has 0 bridgehead atoms. The maximum absolute atomic E-state index is 12.1. The zero-order valence-corrected chi connectivity index (χ0v) is 12.3. The van der Waals surface area contributed by atoms with E-state index in [2.05, 4.69) is 22.6 Å². The normalized spacial score (nSPS) is 10.4. The Morgan fingerprint density at radius 1 is 1.25 bits per heavy atom. The second-order valence-corrected chi connectivity index (χ2v) is 6.74. The highest BCUT2D eigenvalue weighted by Gasteiger charge is 2.14. The van der Waals surface area contributed by atoms with Gasteiger partial charge < -0.3 is 0 Å². The van der Waals surface area contributed by atoms with Gasteiger partial charge in [-0.3, -0.25) is 4.79 Å². The number of hydrogen-bond donors (Lipinski definition) is 0. The van der Waals surface area contributed by atoms with Crippen LogP contribution < -0.4 is 0 Å². The van der Waals surface area contributed by atoms with Crippen LogP contribution in [-0.4, -0.2) is 5.78 Å². The molecule has 1 heterocycles. The number of ketones is 1. The molecule has 2 rings (SSSR count). The minimum Gasteiger partial charge on any atom is -0.289 e. The SMILES string of the molecule is O=C(c1csc(I)c1)c1cc(Cl)ccc1Cl. The van der Waals surface area contributed by atoms with Crippen molar-refractivity contribution >= 4 is 62.9 Å². The van der Waals surface area contributed by atoms with Gasteiger partial charge in [-0.15, -0.1) is 11.3 Å². The highest BCUT2D eigenvalue weighted by Crippen LogP contribution is 2.25. The van der Waals surface area contributed by atoms with Crippen molar-refractivity contribution in [3.63, 3.8) is 0 Å². The second-order valence-electron chi connectivity index (χ2n) is 3.09. The van der Waals surface area contributed by atoms with Crippen LogP contribution in [0.15, 0.2) is 29.6 Å². The van der Waals surface area contributed by atoms with Crippen molar-refractivity contribution in [2.45, 2.75) is 0 Å². The maximum atomic E-state index is 12.1. The van der Waals surface area contributed by atoms with Gasteiger partial charge in [-0.05, 0) is 46.9 Å². The van der Waals surface area contributed by atoms with Crippen molar-refractivity contribution in [1.29, 1.82) is 0 Å². The standard InChI is InChI=1S/C11H5Cl2IOS/c12-7-1-2-9(13)8(4-7)11(15)6-3-10(14)16-5-6/h1-5H. The Morgan fingerprint density at radius 2 is 2.00 bits per heavy atom. The molecule has 5 heteroatoms. The molecule has 16 heavy (non-hydrogen) atoms. The molecule has 0 fully saturated rings. The van der Waals surface area contributed by atoms with E-state index in [1.54, 1.807) is 18.2 Å². The fourth-order valence-electron chi connectivity index (χ4n) is 1.26. The monoisotopic (exact) mass is 382 g/mol. The van der Waals surface area contributed by atoms with Crippen molar-refractivity contribution in [2.24, 2.45) is 0 Å². The van der Waals surface area contributed by atoms with Gasteiger partial charge in [-0.1, -0.05) is 23.2 Å². The Morgan fingerprint density at radius 3 is 2.62 bits per heavy atom. The number of halogens is 3. The van der Waals surface area contributed by atoms with Crippen molar-refractivity contribution in [1.82, 2.24) is 0 Å². The third-order valence-corrected chi connectivity index (χ3v) is 4.36. The van der Waals surface area contributed by atoms with Crippen LogP contribution in [0, 0.1) is 2.88 Å². The summed E-state index contributed by atoms with van der Waals surface area (Å²) in [6.45, 7) is 0. The summed E-state index contributed by atoms with van der Waals surface area (Å²) in [6.07, 6.45) is 0. The molecule has 0 amide bonds. The predicted octanol–water partition coefficient (Wildman–Crippen LogP) is 4.89. The van der Waals surface area contributed by atoms with Crippen molar-refractivity contribution in [3.8, 4) is 0 Å². The van der Waals surface area contributed by atoms with Crippen LogP contribution in [-0.2, 0) is 0 Å². The molecule has 0 saturated carbocycles.